The van der Waals surface area contributed by atoms with Gasteiger partial charge in [-0.1, -0.05) is 72.8 Å². The van der Waals surface area contributed by atoms with Crippen LogP contribution in [0.1, 0.15) is 22.6 Å². The molecule has 0 aliphatic heterocycles. The van der Waals surface area contributed by atoms with E-state index >= 15 is 0 Å². The van der Waals surface area contributed by atoms with Crippen molar-refractivity contribution in [1.82, 2.24) is 0 Å². The first-order valence-corrected chi connectivity index (χ1v) is 7.89. The highest BCUT2D eigenvalue weighted by Crippen LogP contribution is 2.31. The number of allylic oxidation sites excluding steroid dienone is 1. The molecule has 0 aliphatic rings. The lowest BCUT2D eigenvalue weighted by molar-refractivity contribution is 0.414. The quantitative estimate of drug-likeness (QED) is 0.574. The third-order valence-electron chi connectivity index (χ3n) is 4.00. The van der Waals surface area contributed by atoms with Crippen molar-refractivity contribution in [2.45, 2.75) is 5.92 Å². The first kappa shape index (κ1) is 16.0. The Morgan fingerprint density at radius 3 is 1.92 bits per heavy atom. The number of methoxy groups -OCH3 is 1. The zero-order valence-corrected chi connectivity index (χ0v) is 13.5. The standard InChI is InChI=1S/C22H19FO/c1-24-20-14-12-18(13-15-20)21(17-8-4-2-5-9-17)16-22(23)19-10-6-3-7-11-19/h2-16,21H,1H3/b22-16+. The first-order chi connectivity index (χ1) is 11.8. The third-order valence-corrected chi connectivity index (χ3v) is 4.00. The molecular formula is C22H19FO. The molecule has 0 radical (unpaired) electrons. The predicted octanol–water partition coefficient (Wildman–Crippen LogP) is 5.84. The number of benzene rings is 3. The van der Waals surface area contributed by atoms with Gasteiger partial charge in [-0.2, -0.15) is 0 Å². The van der Waals surface area contributed by atoms with Crippen molar-refractivity contribution < 1.29 is 9.13 Å². The van der Waals surface area contributed by atoms with E-state index in [-0.39, 0.29) is 11.7 Å². The van der Waals surface area contributed by atoms with Crippen molar-refractivity contribution in [3.05, 3.63) is 108 Å². The van der Waals surface area contributed by atoms with Gasteiger partial charge in [0, 0.05) is 11.5 Å². The van der Waals surface area contributed by atoms with Gasteiger partial charge in [0.15, 0.2) is 0 Å². The van der Waals surface area contributed by atoms with Gasteiger partial charge in [-0.15, -0.1) is 0 Å². The normalized spacial score (nSPS) is 12.7. The summed E-state index contributed by atoms with van der Waals surface area (Å²) in [5.41, 5.74) is 2.66. The zero-order chi connectivity index (χ0) is 16.8. The maximum Gasteiger partial charge on any atom is 0.127 e. The summed E-state index contributed by atoms with van der Waals surface area (Å²) in [5, 5.41) is 0. The van der Waals surface area contributed by atoms with Crippen LogP contribution < -0.4 is 4.74 Å². The van der Waals surface area contributed by atoms with Crippen LogP contribution >= 0.6 is 0 Å². The first-order valence-electron chi connectivity index (χ1n) is 7.89. The molecule has 1 atom stereocenters. The van der Waals surface area contributed by atoms with E-state index in [2.05, 4.69) is 0 Å². The highest BCUT2D eigenvalue weighted by atomic mass is 19.1. The van der Waals surface area contributed by atoms with Crippen molar-refractivity contribution >= 4 is 5.83 Å². The van der Waals surface area contributed by atoms with Gasteiger partial charge in [0.2, 0.25) is 0 Å². The van der Waals surface area contributed by atoms with E-state index in [1.54, 1.807) is 25.3 Å². The Morgan fingerprint density at radius 1 is 0.792 bits per heavy atom. The Morgan fingerprint density at radius 2 is 1.33 bits per heavy atom. The minimum Gasteiger partial charge on any atom is -0.497 e. The van der Waals surface area contributed by atoms with Crippen molar-refractivity contribution in [2.24, 2.45) is 0 Å². The fourth-order valence-electron chi connectivity index (χ4n) is 2.70. The van der Waals surface area contributed by atoms with Crippen molar-refractivity contribution in [2.75, 3.05) is 7.11 Å². The molecule has 0 spiro atoms. The maximum absolute atomic E-state index is 14.7. The van der Waals surface area contributed by atoms with Gasteiger partial charge in [-0.3, -0.25) is 0 Å². The van der Waals surface area contributed by atoms with Crippen molar-refractivity contribution in [1.29, 1.82) is 0 Å². The molecule has 0 amide bonds. The SMILES string of the molecule is COc1ccc(C(/C=C(/F)c2ccccc2)c2ccccc2)cc1. The average Bonchev–Trinajstić information content (AvgIpc) is 2.67. The van der Waals surface area contributed by atoms with E-state index in [0.717, 1.165) is 16.9 Å². The van der Waals surface area contributed by atoms with Crippen LogP contribution in [-0.2, 0) is 0 Å². The molecule has 1 nitrogen and oxygen atoms in total. The van der Waals surface area contributed by atoms with Crippen LogP contribution in [0.2, 0.25) is 0 Å². The number of halogens is 1. The van der Waals surface area contributed by atoms with Crippen molar-refractivity contribution in [3.63, 3.8) is 0 Å². The van der Waals surface area contributed by atoms with Crippen LogP contribution in [-0.4, -0.2) is 7.11 Å². The Bertz CT molecular complexity index is 792. The molecule has 0 saturated heterocycles. The van der Waals surface area contributed by atoms with E-state index in [1.165, 1.54) is 0 Å². The second kappa shape index (κ2) is 7.60. The fraction of sp³-hybridized carbons (Fsp3) is 0.0909. The van der Waals surface area contributed by atoms with Crippen LogP contribution in [0.3, 0.4) is 0 Å². The van der Waals surface area contributed by atoms with Gasteiger partial charge in [-0.25, -0.2) is 4.39 Å². The number of hydrogen-bond acceptors (Lipinski definition) is 1. The van der Waals surface area contributed by atoms with Crippen LogP contribution in [0, 0.1) is 0 Å². The summed E-state index contributed by atoms with van der Waals surface area (Å²) < 4.78 is 20.0. The van der Waals surface area contributed by atoms with Crippen molar-refractivity contribution in [3.8, 4) is 5.75 Å². The molecule has 0 aromatic heterocycles. The second-order valence-electron chi connectivity index (χ2n) is 5.54. The van der Waals surface area contributed by atoms with Crippen LogP contribution in [0.5, 0.6) is 5.75 Å². The van der Waals surface area contributed by atoms with Gasteiger partial charge in [0.1, 0.15) is 11.6 Å². The topological polar surface area (TPSA) is 9.23 Å². The summed E-state index contributed by atoms with van der Waals surface area (Å²) in [4.78, 5) is 0. The highest BCUT2D eigenvalue weighted by Gasteiger charge is 2.14. The lowest BCUT2D eigenvalue weighted by atomic mass is 9.90. The summed E-state index contributed by atoms with van der Waals surface area (Å²) in [5.74, 6) is 0.413. The molecule has 3 aromatic carbocycles. The molecule has 0 fully saturated rings. The van der Waals surface area contributed by atoms with E-state index in [1.807, 2.05) is 72.8 Å². The van der Waals surface area contributed by atoms with Gasteiger partial charge in [-0.05, 0) is 29.3 Å². The third kappa shape index (κ3) is 3.72. The van der Waals surface area contributed by atoms with Gasteiger partial charge >= 0.3 is 0 Å². The maximum atomic E-state index is 14.7. The molecule has 0 N–H and O–H groups in total. The molecule has 0 aliphatic carbocycles. The lowest BCUT2D eigenvalue weighted by Crippen LogP contribution is -1.99. The number of ether oxygens (including phenoxy) is 1. The Hall–Kier alpha value is -2.87. The number of hydrogen-bond donors (Lipinski definition) is 0. The van der Waals surface area contributed by atoms with Crippen LogP contribution in [0.25, 0.3) is 5.83 Å². The molecule has 3 rings (SSSR count). The predicted molar refractivity (Wildman–Crippen MR) is 96.8 cm³/mol. The molecule has 3 aromatic rings. The Balaban J connectivity index is 2.02. The minimum absolute atomic E-state index is 0.155. The number of rotatable bonds is 5. The van der Waals surface area contributed by atoms with Crippen LogP contribution in [0.15, 0.2) is 91.0 Å². The summed E-state index contributed by atoms with van der Waals surface area (Å²) in [6, 6.07) is 26.8. The molecule has 0 heterocycles. The lowest BCUT2D eigenvalue weighted by Gasteiger charge is -2.15. The van der Waals surface area contributed by atoms with Gasteiger partial charge in [0.05, 0.1) is 7.11 Å². The highest BCUT2D eigenvalue weighted by molar-refractivity contribution is 5.61. The molecule has 24 heavy (non-hydrogen) atoms. The smallest absolute Gasteiger partial charge is 0.127 e. The van der Waals surface area contributed by atoms with E-state index in [9.17, 15) is 4.39 Å². The molecule has 1 unspecified atom stereocenters. The van der Waals surface area contributed by atoms with Gasteiger partial charge < -0.3 is 4.74 Å². The fourth-order valence-corrected chi connectivity index (χ4v) is 2.70. The minimum atomic E-state index is -0.222. The molecule has 120 valence electrons. The van der Waals surface area contributed by atoms with E-state index < -0.39 is 0 Å². The van der Waals surface area contributed by atoms with Gasteiger partial charge in [0.25, 0.3) is 0 Å². The van der Waals surface area contributed by atoms with Crippen LogP contribution in [0.4, 0.5) is 4.39 Å². The average molecular weight is 318 g/mol. The second-order valence-corrected chi connectivity index (χ2v) is 5.54. The molecule has 0 bridgehead atoms. The summed E-state index contributed by atoms with van der Waals surface area (Å²) in [7, 11) is 1.64. The molecule has 0 saturated carbocycles. The molecule has 2 heteroatoms. The Kier molecular flexibility index (Phi) is 5.07. The Labute approximate surface area is 142 Å². The molecular weight excluding hydrogens is 299 g/mol. The summed E-state index contributed by atoms with van der Waals surface area (Å²) in [6.07, 6.45) is 1.67. The summed E-state index contributed by atoms with van der Waals surface area (Å²) >= 11 is 0. The van der Waals surface area contributed by atoms with E-state index in [4.69, 9.17) is 4.74 Å². The monoisotopic (exact) mass is 318 g/mol. The van der Waals surface area contributed by atoms with E-state index in [0.29, 0.717) is 5.56 Å². The zero-order valence-electron chi connectivity index (χ0n) is 13.5. The summed E-state index contributed by atoms with van der Waals surface area (Å²) in [6.45, 7) is 0. The largest absolute Gasteiger partial charge is 0.497 e.